The third-order valence-electron chi connectivity index (χ3n) is 3.34. The van der Waals surface area contributed by atoms with E-state index in [4.69, 9.17) is 4.74 Å². The van der Waals surface area contributed by atoms with Crippen LogP contribution in [0.1, 0.15) is 11.6 Å². The Morgan fingerprint density at radius 1 is 1.35 bits per heavy atom. The van der Waals surface area contributed by atoms with E-state index in [9.17, 15) is 13.2 Å². The predicted octanol–water partition coefficient (Wildman–Crippen LogP) is 1.01. The molecule has 1 atom stereocenters. The van der Waals surface area contributed by atoms with Gasteiger partial charge in [0.1, 0.15) is 11.5 Å². The lowest BCUT2D eigenvalue weighted by Crippen LogP contribution is -2.37. The van der Waals surface area contributed by atoms with Crippen molar-refractivity contribution < 1.29 is 17.9 Å². The number of rotatable bonds is 9. The minimum atomic E-state index is -3.43. The molecule has 0 spiro atoms. The molecule has 23 heavy (non-hydrogen) atoms. The molecular weight excluding hydrogens is 316 g/mol. The second-order valence-corrected chi connectivity index (χ2v) is 7.51. The Kier molecular flexibility index (Phi) is 7.25. The van der Waals surface area contributed by atoms with Crippen molar-refractivity contribution in [2.24, 2.45) is 0 Å². The van der Waals surface area contributed by atoms with Gasteiger partial charge in [0.15, 0.2) is 9.84 Å². The van der Waals surface area contributed by atoms with Crippen LogP contribution < -0.4 is 10.1 Å². The van der Waals surface area contributed by atoms with Crippen molar-refractivity contribution >= 4 is 15.7 Å². The Hall–Kier alpha value is -1.86. The molecule has 0 aromatic heterocycles. The number of hydrogen-bond donors (Lipinski definition) is 1. The number of nitrogens with one attached hydrogen (secondary N) is 1. The van der Waals surface area contributed by atoms with Gasteiger partial charge in [0, 0.05) is 6.54 Å². The highest BCUT2D eigenvalue weighted by Crippen LogP contribution is 2.20. The van der Waals surface area contributed by atoms with Crippen molar-refractivity contribution in [3.63, 3.8) is 0 Å². The van der Waals surface area contributed by atoms with Gasteiger partial charge < -0.3 is 15.0 Å². The van der Waals surface area contributed by atoms with E-state index >= 15 is 0 Å². The van der Waals surface area contributed by atoms with Gasteiger partial charge in [0.05, 0.1) is 18.9 Å². The van der Waals surface area contributed by atoms with Crippen LogP contribution in [0.25, 0.3) is 0 Å². The van der Waals surface area contributed by atoms with Crippen molar-refractivity contribution in [1.82, 2.24) is 10.2 Å². The van der Waals surface area contributed by atoms with Crippen molar-refractivity contribution in [2.45, 2.75) is 6.04 Å². The number of carbonyl (C=O) groups excluding carboxylic acids is 1. The molecule has 1 aromatic rings. The van der Waals surface area contributed by atoms with Crippen LogP contribution in [-0.2, 0) is 14.6 Å². The maximum absolute atomic E-state index is 11.8. The monoisotopic (exact) mass is 340 g/mol. The molecular formula is C16H24N2O4S. The molecule has 0 fully saturated rings. The summed E-state index contributed by atoms with van der Waals surface area (Å²) in [5, 5.41) is 2.68. The summed E-state index contributed by atoms with van der Waals surface area (Å²) in [5.41, 5.74) is 1.00. The summed E-state index contributed by atoms with van der Waals surface area (Å²) in [4.78, 5) is 13.8. The molecule has 0 aliphatic carbocycles. The molecule has 0 saturated carbocycles. The molecule has 128 valence electrons. The molecule has 1 N–H and O–H groups in total. The van der Waals surface area contributed by atoms with Gasteiger partial charge in [-0.3, -0.25) is 4.79 Å². The molecule has 0 radical (unpaired) electrons. The maximum Gasteiger partial charge on any atom is 0.235 e. The zero-order chi connectivity index (χ0) is 17.5. The Morgan fingerprint density at radius 2 is 1.96 bits per heavy atom. The van der Waals surface area contributed by atoms with Gasteiger partial charge in [0.2, 0.25) is 5.91 Å². The summed E-state index contributed by atoms with van der Waals surface area (Å²) in [6.07, 6.45) is 1.28. The predicted molar refractivity (Wildman–Crippen MR) is 91.3 cm³/mol. The van der Waals surface area contributed by atoms with E-state index < -0.39 is 21.5 Å². The van der Waals surface area contributed by atoms with E-state index in [0.717, 1.165) is 11.3 Å². The molecule has 0 aliphatic heterocycles. The normalized spacial score (nSPS) is 12.7. The van der Waals surface area contributed by atoms with Crippen molar-refractivity contribution in [3.8, 4) is 5.75 Å². The van der Waals surface area contributed by atoms with Crippen LogP contribution in [0, 0.1) is 0 Å². The topological polar surface area (TPSA) is 75.7 Å². The fourth-order valence-corrected chi connectivity index (χ4v) is 3.10. The highest BCUT2D eigenvalue weighted by atomic mass is 32.2. The van der Waals surface area contributed by atoms with Gasteiger partial charge >= 0.3 is 0 Å². The molecule has 6 nitrogen and oxygen atoms in total. The first kappa shape index (κ1) is 19.2. The smallest absolute Gasteiger partial charge is 0.235 e. The second-order valence-electron chi connectivity index (χ2n) is 5.40. The van der Waals surface area contributed by atoms with E-state index in [-0.39, 0.29) is 11.8 Å². The number of ether oxygens (including phenoxy) is 1. The second kappa shape index (κ2) is 8.69. The van der Waals surface area contributed by atoms with Crippen LogP contribution in [-0.4, -0.2) is 58.5 Å². The Bertz CT molecular complexity index is 624. The minimum Gasteiger partial charge on any atom is -0.497 e. The van der Waals surface area contributed by atoms with Gasteiger partial charge in [-0.2, -0.15) is 0 Å². The summed E-state index contributed by atoms with van der Waals surface area (Å²) < 4.78 is 28.3. The van der Waals surface area contributed by atoms with Crippen LogP contribution in [0.2, 0.25) is 0 Å². The van der Waals surface area contributed by atoms with Crippen LogP contribution in [0.4, 0.5) is 0 Å². The number of amides is 1. The van der Waals surface area contributed by atoms with Crippen molar-refractivity contribution in [2.75, 3.05) is 39.3 Å². The number of sulfone groups is 1. The Morgan fingerprint density at radius 3 is 2.43 bits per heavy atom. The van der Waals surface area contributed by atoms with Crippen molar-refractivity contribution in [1.29, 1.82) is 0 Å². The van der Waals surface area contributed by atoms with Crippen LogP contribution >= 0.6 is 0 Å². The van der Waals surface area contributed by atoms with E-state index in [1.165, 1.54) is 6.08 Å². The highest BCUT2D eigenvalue weighted by molar-refractivity contribution is 7.92. The molecule has 7 heteroatoms. The summed E-state index contributed by atoms with van der Waals surface area (Å²) in [6.45, 7) is 3.70. The van der Waals surface area contributed by atoms with Gasteiger partial charge in [-0.15, -0.1) is 6.58 Å². The fraction of sp³-hybridized carbons (Fsp3) is 0.438. The summed E-state index contributed by atoms with van der Waals surface area (Å²) in [5.74, 6) is -0.476. The molecule has 0 bridgehead atoms. The van der Waals surface area contributed by atoms with E-state index in [0.29, 0.717) is 6.54 Å². The lowest BCUT2D eigenvalue weighted by Gasteiger charge is -2.25. The first-order valence-corrected chi connectivity index (χ1v) is 8.99. The van der Waals surface area contributed by atoms with E-state index in [2.05, 4.69) is 11.9 Å². The zero-order valence-corrected chi connectivity index (χ0v) is 14.6. The molecule has 0 heterocycles. The zero-order valence-electron chi connectivity index (χ0n) is 13.8. The number of likely N-dealkylation sites (N-methyl/N-ethyl adjacent to an activating group) is 1. The van der Waals surface area contributed by atoms with Crippen LogP contribution in [0.15, 0.2) is 36.9 Å². The molecule has 1 aromatic carbocycles. The lowest BCUT2D eigenvalue weighted by atomic mass is 10.1. The Balaban J connectivity index is 2.69. The Labute approximate surface area is 138 Å². The number of hydrogen-bond acceptors (Lipinski definition) is 5. The third kappa shape index (κ3) is 6.42. The van der Waals surface area contributed by atoms with E-state index in [1.807, 2.05) is 43.3 Å². The molecule has 0 saturated heterocycles. The van der Waals surface area contributed by atoms with Gasteiger partial charge in [-0.1, -0.05) is 18.2 Å². The largest absolute Gasteiger partial charge is 0.497 e. The third-order valence-corrected chi connectivity index (χ3v) is 4.78. The molecule has 1 amide bonds. The maximum atomic E-state index is 11.8. The molecule has 0 aliphatic rings. The SMILES string of the molecule is C=CCS(=O)(=O)CC(=O)NCC(c1ccc(OC)cc1)N(C)C. The van der Waals surface area contributed by atoms with Crippen LogP contribution in [0.3, 0.4) is 0 Å². The molecule has 1 unspecified atom stereocenters. The van der Waals surface area contributed by atoms with Crippen LogP contribution in [0.5, 0.6) is 5.75 Å². The number of benzene rings is 1. The minimum absolute atomic E-state index is 0.0630. The first-order valence-electron chi connectivity index (χ1n) is 7.17. The number of carbonyl (C=O) groups is 1. The van der Waals surface area contributed by atoms with Gasteiger partial charge in [-0.05, 0) is 31.8 Å². The first-order chi connectivity index (χ1) is 10.8. The number of nitrogens with zero attached hydrogens (tertiary/aromatic N) is 1. The average Bonchev–Trinajstić information content (AvgIpc) is 2.47. The standard InChI is InChI=1S/C16H24N2O4S/c1-5-10-23(20,21)12-16(19)17-11-15(18(2)3)13-6-8-14(22-4)9-7-13/h5-9,15H,1,10-12H2,2-4H3,(H,17,19). The van der Waals surface area contributed by atoms with E-state index in [1.54, 1.807) is 7.11 Å². The summed E-state index contributed by atoms with van der Waals surface area (Å²) in [6, 6.07) is 7.48. The number of methoxy groups -OCH3 is 1. The van der Waals surface area contributed by atoms with Gasteiger partial charge in [-0.25, -0.2) is 8.42 Å². The lowest BCUT2D eigenvalue weighted by molar-refractivity contribution is -0.118. The summed E-state index contributed by atoms with van der Waals surface area (Å²) in [7, 11) is 1.96. The van der Waals surface area contributed by atoms with Gasteiger partial charge in [0.25, 0.3) is 0 Å². The average molecular weight is 340 g/mol. The fourth-order valence-electron chi connectivity index (χ4n) is 2.12. The molecule has 1 rings (SSSR count). The quantitative estimate of drug-likeness (QED) is 0.679. The van der Waals surface area contributed by atoms with Crippen molar-refractivity contribution in [3.05, 3.63) is 42.5 Å². The highest BCUT2D eigenvalue weighted by Gasteiger charge is 2.18. The summed E-state index contributed by atoms with van der Waals surface area (Å²) >= 11 is 0.